The summed E-state index contributed by atoms with van der Waals surface area (Å²) in [7, 11) is 0. The van der Waals surface area contributed by atoms with Gasteiger partial charge in [0.2, 0.25) is 0 Å². The second-order valence-corrected chi connectivity index (χ2v) is 4.91. The van der Waals surface area contributed by atoms with Crippen molar-refractivity contribution in [3.8, 4) is 0 Å². The number of aromatic nitrogens is 2. The van der Waals surface area contributed by atoms with Crippen molar-refractivity contribution in [3.05, 3.63) is 52.3 Å². The average Bonchev–Trinajstić information content (AvgIpc) is 2.59. The van der Waals surface area contributed by atoms with Crippen molar-refractivity contribution in [3.63, 3.8) is 0 Å². The quantitative estimate of drug-likeness (QED) is 0.900. The average molecular weight is 243 g/mol. The van der Waals surface area contributed by atoms with Crippen LogP contribution in [0.4, 0.5) is 0 Å². The third-order valence-electron chi connectivity index (χ3n) is 3.63. The molecule has 3 nitrogen and oxygen atoms in total. The van der Waals surface area contributed by atoms with Crippen LogP contribution in [0.1, 0.15) is 34.1 Å². The van der Waals surface area contributed by atoms with Gasteiger partial charge in [0, 0.05) is 12.2 Å². The summed E-state index contributed by atoms with van der Waals surface area (Å²) in [4.78, 5) is 0. The first kappa shape index (κ1) is 12.8. The molecule has 0 saturated heterocycles. The van der Waals surface area contributed by atoms with Crippen LogP contribution in [0.25, 0.3) is 0 Å². The van der Waals surface area contributed by atoms with Gasteiger partial charge in [0.1, 0.15) is 0 Å². The molecule has 1 atom stereocenters. The molecule has 0 aliphatic rings. The third kappa shape index (κ3) is 2.18. The predicted molar refractivity (Wildman–Crippen MR) is 74.8 cm³/mol. The lowest BCUT2D eigenvalue weighted by molar-refractivity contribution is 0.516. The van der Waals surface area contributed by atoms with Crippen molar-refractivity contribution < 1.29 is 0 Å². The molecule has 0 spiro atoms. The number of benzene rings is 1. The van der Waals surface area contributed by atoms with Crippen LogP contribution in [0.5, 0.6) is 0 Å². The highest BCUT2D eigenvalue weighted by Crippen LogP contribution is 2.22. The second kappa shape index (κ2) is 4.94. The van der Waals surface area contributed by atoms with Crippen molar-refractivity contribution in [2.75, 3.05) is 6.54 Å². The highest BCUT2D eigenvalue weighted by atomic mass is 15.3. The highest BCUT2D eigenvalue weighted by Gasteiger charge is 2.17. The molecule has 1 heterocycles. The fourth-order valence-corrected chi connectivity index (χ4v) is 2.30. The van der Waals surface area contributed by atoms with Crippen LogP contribution in [-0.4, -0.2) is 16.3 Å². The molecule has 3 heteroatoms. The molecule has 2 rings (SSSR count). The maximum absolute atomic E-state index is 5.95. The topological polar surface area (TPSA) is 43.8 Å². The Bertz CT molecular complexity index is 555. The fourth-order valence-electron chi connectivity index (χ4n) is 2.30. The first-order valence-electron chi connectivity index (χ1n) is 6.33. The van der Waals surface area contributed by atoms with Crippen LogP contribution in [0, 0.1) is 27.7 Å². The van der Waals surface area contributed by atoms with Crippen LogP contribution < -0.4 is 5.73 Å². The van der Waals surface area contributed by atoms with Crippen molar-refractivity contribution in [1.29, 1.82) is 0 Å². The predicted octanol–water partition coefficient (Wildman–Crippen LogP) is 2.66. The maximum atomic E-state index is 5.95. The first-order valence-corrected chi connectivity index (χ1v) is 6.33. The number of hydrogen-bond donors (Lipinski definition) is 1. The Hall–Kier alpha value is -1.61. The molecule has 96 valence electrons. The molecule has 0 aliphatic heterocycles. The molecule has 0 bridgehead atoms. The van der Waals surface area contributed by atoms with E-state index in [1.807, 2.05) is 6.92 Å². The first-order chi connectivity index (χ1) is 8.54. The third-order valence-corrected chi connectivity index (χ3v) is 3.63. The van der Waals surface area contributed by atoms with Crippen molar-refractivity contribution >= 4 is 0 Å². The van der Waals surface area contributed by atoms with Gasteiger partial charge >= 0.3 is 0 Å². The van der Waals surface area contributed by atoms with E-state index in [0.29, 0.717) is 6.54 Å². The van der Waals surface area contributed by atoms with Gasteiger partial charge in [0.25, 0.3) is 0 Å². The number of nitrogens with zero attached hydrogens (tertiary/aromatic N) is 2. The van der Waals surface area contributed by atoms with Crippen LogP contribution in [0.3, 0.4) is 0 Å². The largest absolute Gasteiger partial charge is 0.328 e. The minimum Gasteiger partial charge on any atom is -0.328 e. The number of rotatable bonds is 3. The Morgan fingerprint density at radius 3 is 2.44 bits per heavy atom. The summed E-state index contributed by atoms with van der Waals surface area (Å²) >= 11 is 0. The Morgan fingerprint density at radius 2 is 1.94 bits per heavy atom. The van der Waals surface area contributed by atoms with E-state index in [1.165, 1.54) is 22.4 Å². The lowest BCUT2D eigenvalue weighted by Gasteiger charge is -2.18. The zero-order valence-corrected chi connectivity index (χ0v) is 11.6. The Labute approximate surface area is 109 Å². The number of nitrogens with two attached hydrogens (primary N) is 1. The summed E-state index contributed by atoms with van der Waals surface area (Å²) in [6.07, 6.45) is 0. The van der Waals surface area contributed by atoms with E-state index < -0.39 is 0 Å². The molecule has 2 aromatic rings. The summed E-state index contributed by atoms with van der Waals surface area (Å²) in [6.45, 7) is 8.92. The number of aryl methyl sites for hydroxylation is 2. The van der Waals surface area contributed by atoms with Crippen molar-refractivity contribution in [1.82, 2.24) is 9.78 Å². The zero-order valence-electron chi connectivity index (χ0n) is 11.6. The van der Waals surface area contributed by atoms with Gasteiger partial charge in [-0.2, -0.15) is 5.10 Å². The van der Waals surface area contributed by atoms with Crippen molar-refractivity contribution in [2.24, 2.45) is 5.73 Å². The Balaban J connectivity index is 2.48. The summed E-state index contributed by atoms with van der Waals surface area (Å²) in [5.41, 5.74) is 12.0. The SMILES string of the molecule is Cc1cccc(C(CN)n2nc(C)c(C)c2C)c1. The second-order valence-electron chi connectivity index (χ2n) is 4.91. The van der Waals surface area contributed by atoms with Gasteiger partial charge in [-0.1, -0.05) is 29.8 Å². The van der Waals surface area contributed by atoms with Gasteiger partial charge < -0.3 is 5.73 Å². The van der Waals surface area contributed by atoms with Crippen LogP contribution >= 0.6 is 0 Å². The van der Waals surface area contributed by atoms with E-state index in [0.717, 1.165) is 5.69 Å². The van der Waals surface area contributed by atoms with Gasteiger partial charge in [-0.3, -0.25) is 4.68 Å². The maximum Gasteiger partial charge on any atom is 0.0893 e. The fraction of sp³-hybridized carbons (Fsp3) is 0.400. The summed E-state index contributed by atoms with van der Waals surface area (Å²) in [5.74, 6) is 0. The van der Waals surface area contributed by atoms with Gasteiger partial charge in [-0.25, -0.2) is 0 Å². The molecule has 1 aromatic heterocycles. The van der Waals surface area contributed by atoms with Gasteiger partial charge in [0.15, 0.2) is 0 Å². The molecule has 0 aliphatic carbocycles. The van der Waals surface area contributed by atoms with E-state index in [9.17, 15) is 0 Å². The van der Waals surface area contributed by atoms with E-state index in [-0.39, 0.29) is 6.04 Å². The minimum absolute atomic E-state index is 0.122. The monoisotopic (exact) mass is 243 g/mol. The molecule has 0 amide bonds. The van der Waals surface area contributed by atoms with E-state index in [2.05, 4.69) is 54.8 Å². The van der Waals surface area contributed by atoms with Gasteiger partial charge in [-0.05, 0) is 38.8 Å². The summed E-state index contributed by atoms with van der Waals surface area (Å²) in [5, 5.41) is 4.62. The summed E-state index contributed by atoms with van der Waals surface area (Å²) in [6, 6.07) is 8.60. The Kier molecular flexibility index (Phi) is 3.53. The van der Waals surface area contributed by atoms with Crippen LogP contribution in [-0.2, 0) is 0 Å². The minimum atomic E-state index is 0.122. The molecule has 1 unspecified atom stereocenters. The van der Waals surface area contributed by atoms with E-state index in [1.54, 1.807) is 0 Å². The molecule has 0 fully saturated rings. The molecule has 18 heavy (non-hydrogen) atoms. The van der Waals surface area contributed by atoms with Gasteiger partial charge in [-0.15, -0.1) is 0 Å². The molecule has 2 N–H and O–H groups in total. The number of hydrogen-bond acceptors (Lipinski definition) is 2. The molecular weight excluding hydrogens is 222 g/mol. The molecule has 0 saturated carbocycles. The lowest BCUT2D eigenvalue weighted by atomic mass is 10.0. The molecule has 0 radical (unpaired) electrons. The molecule has 1 aromatic carbocycles. The molecular formula is C15H21N3. The Morgan fingerprint density at radius 1 is 1.22 bits per heavy atom. The van der Waals surface area contributed by atoms with E-state index in [4.69, 9.17) is 5.73 Å². The van der Waals surface area contributed by atoms with Crippen LogP contribution in [0.15, 0.2) is 24.3 Å². The smallest absolute Gasteiger partial charge is 0.0893 e. The zero-order chi connectivity index (χ0) is 13.3. The van der Waals surface area contributed by atoms with E-state index >= 15 is 0 Å². The lowest BCUT2D eigenvalue weighted by Crippen LogP contribution is -2.22. The van der Waals surface area contributed by atoms with Crippen LogP contribution in [0.2, 0.25) is 0 Å². The summed E-state index contributed by atoms with van der Waals surface area (Å²) < 4.78 is 2.06. The van der Waals surface area contributed by atoms with Gasteiger partial charge in [0.05, 0.1) is 11.7 Å². The standard InChI is InChI=1S/C15H21N3/c1-10-6-5-7-14(8-10)15(9-16)18-13(4)11(2)12(3)17-18/h5-8,15H,9,16H2,1-4H3. The van der Waals surface area contributed by atoms with Crippen molar-refractivity contribution in [2.45, 2.75) is 33.7 Å². The normalized spacial score (nSPS) is 12.7. The highest BCUT2D eigenvalue weighted by molar-refractivity contribution is 5.29.